The molecule has 1 aliphatic heterocycles. The number of benzene rings is 1. The third-order valence-electron chi connectivity index (χ3n) is 3.06. The Morgan fingerprint density at radius 3 is 2.89 bits per heavy atom. The SMILES string of the molecule is C=C1C(CC)Oc2ccccc2N1CCC(=O)O. The maximum Gasteiger partial charge on any atom is 0.305 e. The lowest BCUT2D eigenvalue weighted by Crippen LogP contribution is -2.38. The van der Waals surface area contributed by atoms with Gasteiger partial charge in [-0.3, -0.25) is 4.79 Å². The minimum Gasteiger partial charge on any atom is -0.482 e. The molecule has 96 valence electrons. The van der Waals surface area contributed by atoms with Crippen LogP contribution in [0.5, 0.6) is 5.75 Å². The number of anilines is 1. The van der Waals surface area contributed by atoms with Crippen molar-refractivity contribution in [2.45, 2.75) is 25.9 Å². The maximum atomic E-state index is 10.7. The van der Waals surface area contributed by atoms with E-state index >= 15 is 0 Å². The molecule has 0 aliphatic carbocycles. The van der Waals surface area contributed by atoms with E-state index in [9.17, 15) is 4.79 Å². The lowest BCUT2D eigenvalue weighted by molar-refractivity contribution is -0.136. The van der Waals surface area contributed by atoms with Crippen molar-refractivity contribution >= 4 is 11.7 Å². The molecule has 1 atom stereocenters. The zero-order valence-electron chi connectivity index (χ0n) is 10.4. The van der Waals surface area contributed by atoms with Gasteiger partial charge in [-0.15, -0.1) is 0 Å². The molecule has 4 nitrogen and oxygen atoms in total. The van der Waals surface area contributed by atoms with Crippen LogP contribution < -0.4 is 9.64 Å². The first-order valence-electron chi connectivity index (χ1n) is 6.07. The molecule has 1 aromatic carbocycles. The van der Waals surface area contributed by atoms with Gasteiger partial charge in [0.05, 0.1) is 17.8 Å². The standard InChI is InChI=1S/C14H17NO3/c1-3-12-10(2)15(9-8-14(16)17)11-6-4-5-7-13(11)18-12/h4-7,12H,2-3,8-9H2,1H3,(H,16,17). The number of carboxylic acid groups (broad SMARTS) is 1. The van der Waals surface area contributed by atoms with Crippen LogP contribution in [0.2, 0.25) is 0 Å². The molecule has 0 amide bonds. The Morgan fingerprint density at radius 1 is 1.50 bits per heavy atom. The van der Waals surface area contributed by atoms with Crippen LogP contribution in [0, 0.1) is 0 Å². The van der Waals surface area contributed by atoms with Crippen molar-refractivity contribution in [3.05, 3.63) is 36.5 Å². The predicted octanol–water partition coefficient (Wildman–Crippen LogP) is 2.65. The lowest BCUT2D eigenvalue weighted by Gasteiger charge is -2.37. The van der Waals surface area contributed by atoms with Gasteiger partial charge in [-0.25, -0.2) is 0 Å². The van der Waals surface area contributed by atoms with Gasteiger partial charge in [-0.1, -0.05) is 25.6 Å². The summed E-state index contributed by atoms with van der Waals surface area (Å²) in [5.41, 5.74) is 1.73. The predicted molar refractivity (Wildman–Crippen MR) is 69.9 cm³/mol. The molecule has 2 rings (SSSR count). The van der Waals surface area contributed by atoms with Gasteiger partial charge < -0.3 is 14.7 Å². The highest BCUT2D eigenvalue weighted by Crippen LogP contribution is 2.37. The van der Waals surface area contributed by atoms with Gasteiger partial charge in [0, 0.05) is 6.54 Å². The van der Waals surface area contributed by atoms with Crippen LogP contribution in [-0.4, -0.2) is 23.7 Å². The van der Waals surface area contributed by atoms with Crippen LogP contribution in [0.4, 0.5) is 5.69 Å². The third-order valence-corrected chi connectivity index (χ3v) is 3.06. The first-order valence-corrected chi connectivity index (χ1v) is 6.07. The first kappa shape index (κ1) is 12.5. The molecule has 4 heteroatoms. The highest BCUT2D eigenvalue weighted by Gasteiger charge is 2.28. The van der Waals surface area contributed by atoms with Gasteiger partial charge in [0.1, 0.15) is 11.9 Å². The number of hydrogen-bond donors (Lipinski definition) is 1. The molecule has 18 heavy (non-hydrogen) atoms. The zero-order valence-corrected chi connectivity index (χ0v) is 10.4. The van der Waals surface area contributed by atoms with E-state index in [0.717, 1.165) is 23.6 Å². The number of para-hydroxylation sites is 2. The molecular formula is C14H17NO3. The van der Waals surface area contributed by atoms with Gasteiger partial charge in [0.15, 0.2) is 0 Å². The summed E-state index contributed by atoms with van der Waals surface area (Å²) in [7, 11) is 0. The third kappa shape index (κ3) is 2.32. The van der Waals surface area contributed by atoms with Crippen molar-refractivity contribution in [1.29, 1.82) is 0 Å². The van der Waals surface area contributed by atoms with E-state index in [0.29, 0.717) is 6.54 Å². The highest BCUT2D eigenvalue weighted by molar-refractivity contribution is 5.70. The number of hydrogen-bond acceptors (Lipinski definition) is 3. The van der Waals surface area contributed by atoms with Gasteiger partial charge in [0.2, 0.25) is 0 Å². The highest BCUT2D eigenvalue weighted by atomic mass is 16.5. The van der Waals surface area contributed by atoms with Crippen LogP contribution >= 0.6 is 0 Å². The Labute approximate surface area is 106 Å². The Balaban J connectivity index is 2.29. The molecule has 1 aliphatic rings. The molecular weight excluding hydrogens is 230 g/mol. The smallest absolute Gasteiger partial charge is 0.305 e. The number of aliphatic carboxylic acids is 1. The van der Waals surface area contributed by atoms with E-state index in [2.05, 4.69) is 6.58 Å². The topological polar surface area (TPSA) is 49.8 Å². The van der Waals surface area contributed by atoms with Crippen molar-refractivity contribution in [3.8, 4) is 5.75 Å². The fourth-order valence-corrected chi connectivity index (χ4v) is 2.12. The van der Waals surface area contributed by atoms with Crippen LogP contribution in [0.3, 0.4) is 0 Å². The van der Waals surface area contributed by atoms with E-state index in [4.69, 9.17) is 9.84 Å². The number of nitrogens with zero attached hydrogens (tertiary/aromatic N) is 1. The van der Waals surface area contributed by atoms with Gasteiger partial charge >= 0.3 is 5.97 Å². The molecule has 1 heterocycles. The maximum absolute atomic E-state index is 10.7. The van der Waals surface area contributed by atoms with Crippen LogP contribution in [-0.2, 0) is 4.79 Å². The van der Waals surface area contributed by atoms with Crippen molar-refractivity contribution in [1.82, 2.24) is 0 Å². The minimum atomic E-state index is -0.806. The molecule has 0 radical (unpaired) electrons. The fourth-order valence-electron chi connectivity index (χ4n) is 2.12. The fraction of sp³-hybridized carbons (Fsp3) is 0.357. The second-order valence-corrected chi connectivity index (χ2v) is 4.27. The molecule has 1 aromatic rings. The summed E-state index contributed by atoms with van der Waals surface area (Å²) in [6.45, 7) is 6.48. The van der Waals surface area contributed by atoms with Gasteiger partial charge in [-0.2, -0.15) is 0 Å². The molecule has 1 unspecified atom stereocenters. The Hall–Kier alpha value is -1.97. The largest absolute Gasteiger partial charge is 0.482 e. The van der Waals surface area contributed by atoms with Crippen molar-refractivity contribution in [2.24, 2.45) is 0 Å². The van der Waals surface area contributed by atoms with Crippen LogP contribution in [0.1, 0.15) is 19.8 Å². The summed E-state index contributed by atoms with van der Waals surface area (Å²) in [6, 6.07) is 7.65. The second-order valence-electron chi connectivity index (χ2n) is 4.27. The molecule has 0 saturated heterocycles. The first-order chi connectivity index (χ1) is 8.63. The molecule has 0 aromatic heterocycles. The van der Waals surface area contributed by atoms with Crippen LogP contribution in [0.15, 0.2) is 36.5 Å². The lowest BCUT2D eigenvalue weighted by atomic mass is 10.1. The Kier molecular flexibility index (Phi) is 3.55. The summed E-state index contributed by atoms with van der Waals surface area (Å²) in [5.74, 6) is -0.0121. The van der Waals surface area contributed by atoms with Gasteiger partial charge in [-0.05, 0) is 18.6 Å². The zero-order chi connectivity index (χ0) is 13.1. The van der Waals surface area contributed by atoms with Crippen LogP contribution in [0.25, 0.3) is 0 Å². The molecule has 0 spiro atoms. The number of carboxylic acids is 1. The average Bonchev–Trinajstić information content (AvgIpc) is 2.36. The van der Waals surface area contributed by atoms with Gasteiger partial charge in [0.25, 0.3) is 0 Å². The molecule has 0 bridgehead atoms. The minimum absolute atomic E-state index is 0.0753. The van der Waals surface area contributed by atoms with E-state index in [1.807, 2.05) is 36.1 Å². The van der Waals surface area contributed by atoms with Crippen molar-refractivity contribution < 1.29 is 14.6 Å². The number of rotatable bonds is 4. The summed E-state index contributed by atoms with van der Waals surface area (Å²) in [6.07, 6.45) is 0.828. The summed E-state index contributed by atoms with van der Waals surface area (Å²) in [5, 5.41) is 8.81. The van der Waals surface area contributed by atoms with Crippen molar-refractivity contribution in [2.75, 3.05) is 11.4 Å². The molecule has 0 saturated carbocycles. The molecule has 1 N–H and O–H groups in total. The summed E-state index contributed by atoms with van der Waals surface area (Å²) < 4.78 is 5.84. The second kappa shape index (κ2) is 5.12. The Bertz CT molecular complexity index is 470. The normalized spacial score (nSPS) is 18.2. The number of ether oxygens (including phenoxy) is 1. The molecule has 0 fully saturated rings. The average molecular weight is 247 g/mol. The number of fused-ring (bicyclic) bond motifs is 1. The van der Waals surface area contributed by atoms with Crippen molar-refractivity contribution in [3.63, 3.8) is 0 Å². The summed E-state index contributed by atoms with van der Waals surface area (Å²) >= 11 is 0. The van der Waals surface area contributed by atoms with E-state index in [1.54, 1.807) is 0 Å². The van der Waals surface area contributed by atoms with E-state index < -0.39 is 5.97 Å². The Morgan fingerprint density at radius 2 is 2.22 bits per heavy atom. The summed E-state index contributed by atoms with van der Waals surface area (Å²) in [4.78, 5) is 12.7. The quantitative estimate of drug-likeness (QED) is 0.888. The van der Waals surface area contributed by atoms with E-state index in [1.165, 1.54) is 0 Å². The van der Waals surface area contributed by atoms with E-state index in [-0.39, 0.29) is 12.5 Å². The number of carbonyl (C=O) groups is 1. The monoisotopic (exact) mass is 247 g/mol.